The van der Waals surface area contributed by atoms with Gasteiger partial charge in [0.2, 0.25) is 0 Å². The van der Waals surface area contributed by atoms with Gasteiger partial charge in [-0.15, -0.1) is 0 Å². The normalized spacial score (nSPS) is 11.2. The van der Waals surface area contributed by atoms with Crippen LogP contribution in [0.1, 0.15) is 24.1 Å². The number of ether oxygens (including phenoxy) is 1. The van der Waals surface area contributed by atoms with Crippen LogP contribution in [0.25, 0.3) is 16.9 Å². The molecule has 8 nitrogen and oxygen atoms in total. The van der Waals surface area contributed by atoms with Gasteiger partial charge in [-0.05, 0) is 54.8 Å². The van der Waals surface area contributed by atoms with Crippen molar-refractivity contribution >= 4 is 22.5 Å². The summed E-state index contributed by atoms with van der Waals surface area (Å²) in [6.07, 6.45) is 2.22. The lowest BCUT2D eigenvalue weighted by atomic mass is 10.1. The van der Waals surface area contributed by atoms with Crippen LogP contribution in [0.2, 0.25) is 0 Å². The highest BCUT2D eigenvalue weighted by molar-refractivity contribution is 7.90. The third-order valence-corrected chi connectivity index (χ3v) is 6.47. The van der Waals surface area contributed by atoms with Crippen molar-refractivity contribution in [1.82, 2.24) is 4.57 Å². The Morgan fingerprint density at radius 3 is 2.38 bits per heavy atom. The smallest absolute Gasteiger partial charge is 0.305 e. The number of hydrogen-bond acceptors (Lipinski definition) is 6. The molecule has 0 N–H and O–H groups in total. The first-order valence-electron chi connectivity index (χ1n) is 10.8. The summed E-state index contributed by atoms with van der Waals surface area (Å²) < 4.78 is 31.1. The predicted octanol–water partition coefficient (Wildman–Crippen LogP) is 3.86. The molecule has 0 spiro atoms. The van der Waals surface area contributed by atoms with Gasteiger partial charge < -0.3 is 14.1 Å². The number of hydrogen-bond donors (Lipinski definition) is 0. The van der Waals surface area contributed by atoms with E-state index in [1.165, 1.54) is 6.26 Å². The van der Waals surface area contributed by atoms with Gasteiger partial charge in [-0.2, -0.15) is 0 Å². The largest absolute Gasteiger partial charge is 0.465 e. The molecule has 0 radical (unpaired) electrons. The van der Waals surface area contributed by atoms with Gasteiger partial charge in [-0.3, -0.25) is 10.0 Å². The lowest BCUT2D eigenvalue weighted by Gasteiger charge is -2.13. The number of rotatable bonds is 11. The molecule has 0 aliphatic carbocycles. The zero-order chi connectivity index (χ0) is 24.7. The Bertz CT molecular complexity index is 1250. The molecular formula is C25H28N2O6S. The average molecular weight is 485 g/mol. The molecule has 0 saturated carbocycles. The van der Waals surface area contributed by atoms with E-state index in [-0.39, 0.29) is 35.4 Å². The molecule has 0 atom stereocenters. The van der Waals surface area contributed by atoms with Crippen molar-refractivity contribution in [1.29, 1.82) is 0 Å². The molecule has 0 aliphatic heterocycles. The van der Waals surface area contributed by atoms with Crippen LogP contribution in [-0.2, 0) is 30.6 Å². The summed E-state index contributed by atoms with van der Waals surface area (Å²) in [5, 5.41) is 10.6. The number of sulfone groups is 1. The van der Waals surface area contributed by atoms with Crippen LogP contribution >= 0.6 is 0 Å². The average Bonchev–Trinajstić information content (AvgIpc) is 3.13. The Morgan fingerprint density at radius 2 is 1.76 bits per heavy atom. The summed E-state index contributed by atoms with van der Waals surface area (Å²) in [5.74, 6) is -0.359. The van der Waals surface area contributed by atoms with E-state index in [2.05, 4.69) is 16.1 Å². The lowest BCUT2D eigenvalue weighted by molar-refractivity contribution is -0.735. The van der Waals surface area contributed by atoms with E-state index in [0.29, 0.717) is 12.8 Å². The Balaban J connectivity index is 1.78. The van der Waals surface area contributed by atoms with Crippen molar-refractivity contribution in [3.05, 3.63) is 77.1 Å². The standard InChI is InChI=1S/C25H28N2O6S/c1-19-21(15-17-32-25(28)10-7-16-33-26(2)29)18-24(27(19)22-8-5-4-6-9-22)20-11-13-23(14-12-20)34(3,30)31/h4-6,8-9,11-14,18H,2,7,10,15-17H2,1,3H3. The third-order valence-electron chi connectivity index (χ3n) is 5.34. The zero-order valence-electron chi connectivity index (χ0n) is 19.3. The quantitative estimate of drug-likeness (QED) is 0.135. The number of nitrogens with zero attached hydrogens (tertiary/aromatic N) is 2. The Labute approximate surface area is 199 Å². The van der Waals surface area contributed by atoms with Gasteiger partial charge in [0.1, 0.15) is 0 Å². The van der Waals surface area contributed by atoms with E-state index in [1.54, 1.807) is 24.3 Å². The Morgan fingerprint density at radius 1 is 1.09 bits per heavy atom. The molecule has 0 saturated heterocycles. The number of para-hydroxylation sites is 1. The van der Waals surface area contributed by atoms with E-state index in [9.17, 15) is 18.4 Å². The van der Waals surface area contributed by atoms with E-state index in [0.717, 1.165) is 28.2 Å². The molecule has 0 fully saturated rings. The minimum Gasteiger partial charge on any atom is -0.465 e. The number of carbonyl (C=O) groups excluding carboxylic acids is 1. The van der Waals surface area contributed by atoms with Crippen LogP contribution in [0.4, 0.5) is 0 Å². The van der Waals surface area contributed by atoms with Crippen molar-refractivity contribution in [3.8, 4) is 16.9 Å². The molecule has 0 amide bonds. The SMILES string of the molecule is C=[N+]([O-])OCCCC(=O)OCCc1cc(-c2ccc(S(C)(=O)=O)cc2)n(-c2ccccc2)c1C. The number of esters is 1. The minimum absolute atomic E-state index is 0.0998. The fourth-order valence-electron chi connectivity index (χ4n) is 3.64. The maximum atomic E-state index is 12.0. The molecule has 34 heavy (non-hydrogen) atoms. The number of benzene rings is 2. The van der Waals surface area contributed by atoms with Gasteiger partial charge in [0.05, 0.1) is 23.8 Å². The topological polar surface area (TPSA) is 101 Å². The van der Waals surface area contributed by atoms with Gasteiger partial charge in [0.25, 0.3) is 0 Å². The third kappa shape index (κ3) is 6.48. The van der Waals surface area contributed by atoms with Gasteiger partial charge >= 0.3 is 5.97 Å². The van der Waals surface area contributed by atoms with Crippen LogP contribution in [0.3, 0.4) is 0 Å². The molecule has 0 bridgehead atoms. The fourth-order valence-corrected chi connectivity index (χ4v) is 4.27. The molecule has 1 heterocycles. The van der Waals surface area contributed by atoms with Crippen molar-refractivity contribution in [2.75, 3.05) is 19.5 Å². The molecule has 9 heteroatoms. The number of carbonyl (C=O) groups is 1. The van der Waals surface area contributed by atoms with Gasteiger partial charge in [-0.25, -0.2) is 8.42 Å². The molecule has 2 aromatic carbocycles. The first-order valence-corrected chi connectivity index (χ1v) is 12.7. The van der Waals surface area contributed by atoms with Gasteiger partial charge in [0.15, 0.2) is 16.6 Å². The monoisotopic (exact) mass is 484 g/mol. The van der Waals surface area contributed by atoms with Crippen LogP contribution in [-0.4, -0.2) is 50.0 Å². The maximum Gasteiger partial charge on any atom is 0.305 e. The van der Waals surface area contributed by atoms with E-state index >= 15 is 0 Å². The maximum absolute atomic E-state index is 12.0. The Hall–Kier alpha value is -3.59. The fraction of sp³-hybridized carbons (Fsp3) is 0.280. The van der Waals surface area contributed by atoms with Gasteiger partial charge in [-0.1, -0.05) is 30.3 Å². The summed E-state index contributed by atoms with van der Waals surface area (Å²) in [5.41, 5.74) is 4.78. The summed E-state index contributed by atoms with van der Waals surface area (Å²) in [4.78, 5) is 17.0. The molecule has 3 rings (SSSR count). The lowest BCUT2D eigenvalue weighted by Crippen LogP contribution is -2.10. The minimum atomic E-state index is -3.28. The van der Waals surface area contributed by atoms with Crippen LogP contribution in [0, 0.1) is 12.1 Å². The summed E-state index contributed by atoms with van der Waals surface area (Å²) in [6.45, 7) is 5.35. The molecule has 3 aromatic rings. The highest BCUT2D eigenvalue weighted by atomic mass is 32.2. The molecule has 0 aliphatic rings. The summed E-state index contributed by atoms with van der Waals surface area (Å²) in [7, 11) is -3.28. The van der Waals surface area contributed by atoms with Crippen molar-refractivity contribution < 1.29 is 27.7 Å². The molecule has 0 unspecified atom stereocenters. The van der Waals surface area contributed by atoms with Crippen LogP contribution in [0.15, 0.2) is 65.6 Å². The first kappa shape index (κ1) is 25.0. The summed E-state index contributed by atoms with van der Waals surface area (Å²) >= 11 is 0. The van der Waals surface area contributed by atoms with Crippen LogP contribution in [0.5, 0.6) is 0 Å². The zero-order valence-corrected chi connectivity index (χ0v) is 20.1. The first-order chi connectivity index (χ1) is 16.2. The van der Waals surface area contributed by atoms with Crippen molar-refractivity contribution in [2.45, 2.75) is 31.1 Å². The van der Waals surface area contributed by atoms with Crippen molar-refractivity contribution in [3.63, 3.8) is 0 Å². The van der Waals surface area contributed by atoms with Crippen LogP contribution < -0.4 is 0 Å². The second kappa shape index (κ2) is 11.0. The second-order valence-electron chi connectivity index (χ2n) is 7.85. The highest BCUT2D eigenvalue weighted by Gasteiger charge is 2.16. The number of aromatic nitrogens is 1. The van der Waals surface area contributed by atoms with Crippen molar-refractivity contribution in [2.24, 2.45) is 0 Å². The Kier molecular flexibility index (Phi) is 8.12. The second-order valence-corrected chi connectivity index (χ2v) is 9.86. The predicted molar refractivity (Wildman–Crippen MR) is 130 cm³/mol. The molecule has 1 aromatic heterocycles. The highest BCUT2D eigenvalue weighted by Crippen LogP contribution is 2.30. The van der Waals surface area contributed by atoms with E-state index in [1.807, 2.05) is 43.3 Å². The molecule has 180 valence electrons. The summed E-state index contributed by atoms with van der Waals surface area (Å²) in [6, 6.07) is 18.7. The molecular weight excluding hydrogens is 456 g/mol. The van der Waals surface area contributed by atoms with Gasteiger partial charge in [0, 0.05) is 35.4 Å². The van der Waals surface area contributed by atoms with E-state index in [4.69, 9.17) is 4.74 Å². The van der Waals surface area contributed by atoms with E-state index < -0.39 is 9.84 Å².